The van der Waals surface area contributed by atoms with E-state index < -0.39 is 21.2 Å². The number of halogens is 2. The first kappa shape index (κ1) is 16.9. The van der Waals surface area contributed by atoms with Crippen molar-refractivity contribution >= 4 is 37.6 Å². The summed E-state index contributed by atoms with van der Waals surface area (Å²) in [4.78, 5) is -0.0188. The van der Waals surface area contributed by atoms with Gasteiger partial charge < -0.3 is 5.11 Å². The molecule has 0 aliphatic rings. The minimum Gasteiger partial charge on any atom is -0.389 e. The first-order valence-electron chi connectivity index (χ1n) is 5.58. The van der Waals surface area contributed by atoms with Gasteiger partial charge in [0.2, 0.25) is 10.0 Å². The van der Waals surface area contributed by atoms with Crippen LogP contribution in [0, 0.1) is 0 Å². The Hall–Kier alpha value is -0.140. The molecule has 0 atom stereocenters. The minimum atomic E-state index is -3.81. The summed E-state index contributed by atoms with van der Waals surface area (Å²) < 4.78 is 27.8. The lowest BCUT2D eigenvalue weighted by Gasteiger charge is -2.37. The zero-order chi connectivity index (χ0) is 15.1. The van der Waals surface area contributed by atoms with Gasteiger partial charge in [0, 0.05) is 4.47 Å². The van der Waals surface area contributed by atoms with Gasteiger partial charge in [-0.1, -0.05) is 27.5 Å². The van der Waals surface area contributed by atoms with E-state index >= 15 is 0 Å². The summed E-state index contributed by atoms with van der Waals surface area (Å²) in [7, 11) is -3.81. The molecule has 108 valence electrons. The van der Waals surface area contributed by atoms with Crippen LogP contribution in [-0.4, -0.2) is 24.7 Å². The van der Waals surface area contributed by atoms with Gasteiger partial charge in [-0.15, -0.1) is 0 Å². The van der Waals surface area contributed by atoms with Crippen LogP contribution in [0.4, 0.5) is 0 Å². The molecule has 0 fully saturated rings. The fourth-order valence-corrected chi connectivity index (χ4v) is 3.78. The van der Waals surface area contributed by atoms with E-state index in [1.807, 2.05) is 0 Å². The van der Waals surface area contributed by atoms with Gasteiger partial charge in [-0.05, 0) is 45.9 Å². The maximum atomic E-state index is 12.3. The quantitative estimate of drug-likeness (QED) is 0.856. The van der Waals surface area contributed by atoms with E-state index in [-0.39, 0.29) is 9.92 Å². The fourth-order valence-electron chi connectivity index (χ4n) is 1.21. The fraction of sp³-hybridized carbons (Fsp3) is 0.500. The Morgan fingerprint density at radius 1 is 1.26 bits per heavy atom. The number of hydrogen-bond acceptors (Lipinski definition) is 3. The predicted octanol–water partition coefficient (Wildman–Crippen LogP) is 2.93. The first-order valence-corrected chi connectivity index (χ1v) is 8.24. The molecule has 0 aliphatic heterocycles. The van der Waals surface area contributed by atoms with Crippen LogP contribution in [0.2, 0.25) is 5.02 Å². The van der Waals surface area contributed by atoms with Gasteiger partial charge in [-0.3, -0.25) is 0 Å². The minimum absolute atomic E-state index is 0.0188. The Labute approximate surface area is 127 Å². The lowest BCUT2D eigenvalue weighted by Crippen LogP contribution is -2.57. The third kappa shape index (κ3) is 3.92. The van der Waals surface area contributed by atoms with Crippen LogP contribution in [0.1, 0.15) is 27.7 Å². The maximum absolute atomic E-state index is 12.3. The van der Waals surface area contributed by atoms with Gasteiger partial charge in [0.15, 0.2) is 0 Å². The van der Waals surface area contributed by atoms with Gasteiger partial charge in [0.1, 0.15) is 4.90 Å². The van der Waals surface area contributed by atoms with E-state index in [1.165, 1.54) is 12.1 Å². The normalized spacial score (nSPS) is 13.6. The van der Waals surface area contributed by atoms with Crippen LogP contribution < -0.4 is 4.72 Å². The summed E-state index contributed by atoms with van der Waals surface area (Å²) in [6.07, 6.45) is 0. The van der Waals surface area contributed by atoms with Crippen LogP contribution in [0.5, 0.6) is 0 Å². The number of nitrogens with one attached hydrogen (secondary N) is 1. The predicted molar refractivity (Wildman–Crippen MR) is 79.9 cm³/mol. The number of benzene rings is 1. The highest BCUT2D eigenvalue weighted by Crippen LogP contribution is 2.28. The molecule has 0 amide bonds. The molecule has 7 heteroatoms. The summed E-state index contributed by atoms with van der Waals surface area (Å²) in [6.45, 7) is 6.30. The SMILES string of the molecule is CC(C)(O)C(C)(C)NS(=O)(=O)c1ccc(Br)cc1Cl. The largest absolute Gasteiger partial charge is 0.389 e. The maximum Gasteiger partial charge on any atom is 0.242 e. The van der Waals surface area contributed by atoms with Crippen molar-refractivity contribution in [1.82, 2.24) is 4.72 Å². The van der Waals surface area contributed by atoms with Crippen molar-refractivity contribution in [3.63, 3.8) is 0 Å². The third-order valence-electron chi connectivity index (χ3n) is 3.10. The third-order valence-corrected chi connectivity index (χ3v) is 5.73. The van der Waals surface area contributed by atoms with Crippen molar-refractivity contribution in [3.05, 3.63) is 27.7 Å². The molecule has 0 bridgehead atoms. The average Bonchev–Trinajstić information content (AvgIpc) is 2.12. The van der Waals surface area contributed by atoms with Gasteiger partial charge in [0.05, 0.1) is 16.2 Å². The smallest absolute Gasteiger partial charge is 0.242 e. The molecule has 0 aromatic heterocycles. The van der Waals surface area contributed by atoms with Crippen LogP contribution >= 0.6 is 27.5 Å². The Morgan fingerprint density at radius 2 is 1.79 bits per heavy atom. The molecule has 0 heterocycles. The summed E-state index contributed by atoms with van der Waals surface area (Å²) in [6, 6.07) is 4.51. The molecule has 0 unspecified atom stereocenters. The standard InChI is InChI=1S/C12H17BrClNO3S/c1-11(2,12(3,4)16)15-19(17,18)10-6-5-8(13)7-9(10)14/h5-7,15-16H,1-4H3. The van der Waals surface area contributed by atoms with Gasteiger partial charge in [-0.25, -0.2) is 13.1 Å². The zero-order valence-corrected chi connectivity index (χ0v) is 14.3. The van der Waals surface area contributed by atoms with Crippen molar-refractivity contribution in [2.24, 2.45) is 0 Å². The van der Waals surface area contributed by atoms with E-state index in [1.54, 1.807) is 33.8 Å². The molecule has 1 aromatic carbocycles. The monoisotopic (exact) mass is 369 g/mol. The molecule has 1 rings (SSSR count). The highest BCUT2D eigenvalue weighted by Gasteiger charge is 2.39. The highest BCUT2D eigenvalue weighted by molar-refractivity contribution is 9.10. The molecule has 0 spiro atoms. The summed E-state index contributed by atoms with van der Waals surface area (Å²) >= 11 is 9.16. The van der Waals surface area contributed by atoms with E-state index in [0.717, 1.165) is 0 Å². The number of hydrogen-bond donors (Lipinski definition) is 2. The topological polar surface area (TPSA) is 66.4 Å². The Balaban J connectivity index is 3.20. The zero-order valence-electron chi connectivity index (χ0n) is 11.2. The van der Waals surface area contributed by atoms with Crippen LogP contribution in [-0.2, 0) is 10.0 Å². The van der Waals surface area contributed by atoms with E-state index in [9.17, 15) is 13.5 Å². The molecular weight excluding hydrogens is 354 g/mol. The van der Waals surface area contributed by atoms with Gasteiger partial charge >= 0.3 is 0 Å². The van der Waals surface area contributed by atoms with Crippen molar-refractivity contribution < 1.29 is 13.5 Å². The molecule has 4 nitrogen and oxygen atoms in total. The van der Waals surface area contributed by atoms with Crippen molar-refractivity contribution in [2.75, 3.05) is 0 Å². The first-order chi connectivity index (χ1) is 8.37. The lowest BCUT2D eigenvalue weighted by molar-refractivity contribution is 0.00639. The van der Waals surface area contributed by atoms with Crippen molar-refractivity contribution in [2.45, 2.75) is 43.7 Å². The second-order valence-electron chi connectivity index (χ2n) is 5.36. The molecule has 0 saturated heterocycles. The average molecular weight is 371 g/mol. The number of rotatable bonds is 4. The van der Waals surface area contributed by atoms with Crippen LogP contribution in [0.15, 0.2) is 27.6 Å². The molecule has 19 heavy (non-hydrogen) atoms. The molecular formula is C12H17BrClNO3S. The van der Waals surface area contributed by atoms with Crippen LogP contribution in [0.25, 0.3) is 0 Å². The van der Waals surface area contributed by atoms with Gasteiger partial charge in [-0.2, -0.15) is 0 Å². The van der Waals surface area contributed by atoms with E-state index in [0.29, 0.717) is 4.47 Å². The van der Waals surface area contributed by atoms with Crippen molar-refractivity contribution in [1.29, 1.82) is 0 Å². The summed E-state index contributed by atoms with van der Waals surface area (Å²) in [5.41, 5.74) is -2.26. The molecule has 2 N–H and O–H groups in total. The number of aliphatic hydroxyl groups is 1. The van der Waals surface area contributed by atoms with Crippen LogP contribution in [0.3, 0.4) is 0 Å². The summed E-state index contributed by atoms with van der Waals surface area (Å²) in [5.74, 6) is 0. The highest BCUT2D eigenvalue weighted by atomic mass is 79.9. The van der Waals surface area contributed by atoms with Crippen molar-refractivity contribution in [3.8, 4) is 0 Å². The Kier molecular flexibility index (Phi) is 4.75. The molecule has 1 aromatic rings. The summed E-state index contributed by atoms with van der Waals surface area (Å²) in [5, 5.41) is 10.1. The Bertz CT molecular complexity index is 579. The molecule has 0 saturated carbocycles. The molecule has 0 aliphatic carbocycles. The second-order valence-corrected chi connectivity index (χ2v) is 8.34. The van der Waals surface area contributed by atoms with E-state index in [4.69, 9.17) is 11.6 Å². The van der Waals surface area contributed by atoms with E-state index in [2.05, 4.69) is 20.7 Å². The number of sulfonamides is 1. The lowest BCUT2D eigenvalue weighted by atomic mass is 9.87. The molecule has 0 radical (unpaired) electrons. The van der Waals surface area contributed by atoms with Gasteiger partial charge in [0.25, 0.3) is 0 Å². The Morgan fingerprint density at radius 3 is 2.21 bits per heavy atom. The second kappa shape index (κ2) is 5.33.